The van der Waals surface area contributed by atoms with Gasteiger partial charge in [-0.05, 0) is 60.2 Å². The fraction of sp³-hybridized carbons (Fsp3) is 0.107. The first-order chi connectivity index (χ1) is 17.0. The van der Waals surface area contributed by atoms with Crippen LogP contribution in [0.5, 0.6) is 5.75 Å². The maximum Gasteiger partial charge on any atom is 0.308 e. The van der Waals surface area contributed by atoms with Crippen LogP contribution in [0.4, 0.5) is 11.4 Å². The van der Waals surface area contributed by atoms with Crippen LogP contribution in [0.15, 0.2) is 91.1 Å². The molecule has 2 amide bonds. The zero-order valence-corrected chi connectivity index (χ0v) is 19.1. The number of carbonyl (C=O) groups is 3. The first-order valence-electron chi connectivity index (χ1n) is 11.2. The topological polar surface area (TPSA) is 80.6 Å². The monoisotopic (exact) mass is 465 g/mol. The number of rotatable bonds is 4. The van der Waals surface area contributed by atoms with E-state index in [9.17, 15) is 14.4 Å². The first-order valence-corrected chi connectivity index (χ1v) is 11.2. The van der Waals surface area contributed by atoms with Gasteiger partial charge in [-0.15, -0.1) is 0 Å². The molecule has 35 heavy (non-hydrogen) atoms. The fourth-order valence-electron chi connectivity index (χ4n) is 4.22. The Morgan fingerprint density at radius 3 is 2.37 bits per heavy atom. The number of ether oxygens (including phenoxy) is 1. The molecule has 7 nitrogen and oxygen atoms in total. The number of nitrogens with zero attached hydrogens (tertiary/aromatic N) is 2. The predicted molar refractivity (Wildman–Crippen MR) is 133 cm³/mol. The number of fused-ring (bicyclic) bond motifs is 2. The Morgan fingerprint density at radius 1 is 0.829 bits per heavy atom. The second-order valence-corrected chi connectivity index (χ2v) is 8.27. The van der Waals surface area contributed by atoms with Crippen molar-refractivity contribution < 1.29 is 19.1 Å². The third-order valence-electron chi connectivity index (χ3n) is 5.89. The fourth-order valence-corrected chi connectivity index (χ4v) is 4.22. The largest absolute Gasteiger partial charge is 0.426 e. The molecule has 0 radical (unpaired) electrons. The smallest absolute Gasteiger partial charge is 0.308 e. The van der Waals surface area contributed by atoms with Crippen molar-refractivity contribution in [3.05, 3.63) is 114 Å². The highest BCUT2D eigenvalue weighted by molar-refractivity contribution is 6.08. The lowest BCUT2D eigenvalue weighted by atomic mass is 10.1. The van der Waals surface area contributed by atoms with Gasteiger partial charge in [-0.2, -0.15) is 0 Å². The molecule has 0 saturated heterocycles. The van der Waals surface area contributed by atoms with E-state index in [4.69, 9.17) is 4.74 Å². The average Bonchev–Trinajstić information content (AvgIpc) is 3.23. The summed E-state index contributed by atoms with van der Waals surface area (Å²) >= 11 is 0. The molecule has 3 aromatic carbocycles. The van der Waals surface area contributed by atoms with E-state index in [0.29, 0.717) is 24.3 Å². The second kappa shape index (κ2) is 9.30. The summed E-state index contributed by atoms with van der Waals surface area (Å²) in [5.41, 5.74) is 4.30. The number of hydrogen-bond acceptors (Lipinski definition) is 4. The number of carbonyl (C=O) groups excluding carboxylic acids is 3. The minimum atomic E-state index is -0.504. The zero-order valence-electron chi connectivity index (χ0n) is 19.1. The standard InChI is InChI=1S/C28H23N3O4/c1-19(32)35-26-11-5-3-9-24(26)27(33)29-22-14-12-20(13-15-22)28(34)31-18-23-8-6-16-30(23)17-21-7-2-4-10-25(21)31/h2-16H,17-18H2,1H3,(H,29,33). The van der Waals surface area contributed by atoms with Crippen molar-refractivity contribution in [2.45, 2.75) is 20.0 Å². The molecular weight excluding hydrogens is 442 g/mol. The third kappa shape index (κ3) is 4.56. The van der Waals surface area contributed by atoms with Gasteiger partial charge in [0.15, 0.2) is 0 Å². The first kappa shape index (κ1) is 22.2. The summed E-state index contributed by atoms with van der Waals surface area (Å²) in [5.74, 6) is -0.849. The molecule has 0 spiro atoms. The van der Waals surface area contributed by atoms with E-state index in [1.54, 1.807) is 53.4 Å². The molecule has 0 bridgehead atoms. The maximum atomic E-state index is 13.5. The van der Waals surface area contributed by atoms with E-state index >= 15 is 0 Å². The Morgan fingerprint density at radius 2 is 1.57 bits per heavy atom. The SMILES string of the molecule is CC(=O)Oc1ccccc1C(=O)Nc1ccc(C(=O)N2Cc3cccn3Cc3ccccc32)cc1. The molecule has 174 valence electrons. The number of amides is 2. The molecule has 0 fully saturated rings. The van der Waals surface area contributed by atoms with Crippen LogP contribution in [0, 0.1) is 0 Å². The predicted octanol–water partition coefficient (Wildman–Crippen LogP) is 4.87. The third-order valence-corrected chi connectivity index (χ3v) is 5.89. The highest BCUT2D eigenvalue weighted by Crippen LogP contribution is 2.29. The Hall–Kier alpha value is -4.65. The molecule has 1 aliphatic rings. The Balaban J connectivity index is 1.36. The van der Waals surface area contributed by atoms with Crippen molar-refractivity contribution in [3.8, 4) is 5.75 Å². The van der Waals surface area contributed by atoms with Crippen LogP contribution in [0.1, 0.15) is 38.9 Å². The lowest BCUT2D eigenvalue weighted by molar-refractivity contribution is -0.131. The Kier molecular flexibility index (Phi) is 5.89. The van der Waals surface area contributed by atoms with Crippen molar-refractivity contribution in [3.63, 3.8) is 0 Å². The molecule has 0 unspecified atom stereocenters. The molecular formula is C28H23N3O4. The minimum absolute atomic E-state index is 0.120. The summed E-state index contributed by atoms with van der Waals surface area (Å²) in [6.45, 7) is 2.46. The van der Waals surface area contributed by atoms with Crippen molar-refractivity contribution in [1.82, 2.24) is 4.57 Å². The number of anilines is 2. The van der Waals surface area contributed by atoms with Gasteiger partial charge < -0.3 is 19.5 Å². The van der Waals surface area contributed by atoms with Gasteiger partial charge in [-0.25, -0.2) is 0 Å². The van der Waals surface area contributed by atoms with Crippen LogP contribution in [-0.2, 0) is 17.9 Å². The van der Waals surface area contributed by atoms with E-state index in [2.05, 4.69) is 9.88 Å². The minimum Gasteiger partial charge on any atom is -0.426 e. The molecule has 1 aromatic heterocycles. The summed E-state index contributed by atoms with van der Waals surface area (Å²) in [6.07, 6.45) is 2.02. The van der Waals surface area contributed by atoms with Crippen molar-refractivity contribution >= 4 is 29.2 Å². The molecule has 7 heteroatoms. The lowest BCUT2D eigenvalue weighted by Gasteiger charge is -2.23. The lowest BCUT2D eigenvalue weighted by Crippen LogP contribution is -2.30. The van der Waals surface area contributed by atoms with Gasteiger partial charge in [0.2, 0.25) is 0 Å². The van der Waals surface area contributed by atoms with E-state index < -0.39 is 11.9 Å². The molecule has 5 rings (SSSR count). The molecule has 1 aliphatic heterocycles. The summed E-state index contributed by atoms with van der Waals surface area (Å²) in [5, 5.41) is 2.79. The number of esters is 1. The van der Waals surface area contributed by atoms with Gasteiger partial charge in [0, 0.05) is 42.3 Å². The van der Waals surface area contributed by atoms with E-state index in [1.165, 1.54) is 6.92 Å². The molecule has 0 atom stereocenters. The summed E-state index contributed by atoms with van der Waals surface area (Å²) in [4.78, 5) is 39.4. The molecule has 1 N–H and O–H groups in total. The highest BCUT2D eigenvalue weighted by Gasteiger charge is 2.24. The zero-order chi connectivity index (χ0) is 24.4. The summed E-state index contributed by atoms with van der Waals surface area (Å²) in [6, 6.07) is 25.2. The van der Waals surface area contributed by atoms with Crippen LogP contribution in [0.25, 0.3) is 0 Å². The highest BCUT2D eigenvalue weighted by atomic mass is 16.5. The maximum absolute atomic E-state index is 13.5. The van der Waals surface area contributed by atoms with Crippen molar-refractivity contribution in [1.29, 1.82) is 0 Å². The van der Waals surface area contributed by atoms with Crippen LogP contribution < -0.4 is 15.0 Å². The Bertz CT molecular complexity index is 1420. The molecule has 2 heterocycles. The van der Waals surface area contributed by atoms with Crippen LogP contribution >= 0.6 is 0 Å². The molecule has 0 aliphatic carbocycles. The summed E-state index contributed by atoms with van der Waals surface area (Å²) in [7, 11) is 0. The number of aromatic nitrogens is 1. The van der Waals surface area contributed by atoms with Gasteiger partial charge in [0.05, 0.1) is 12.1 Å². The van der Waals surface area contributed by atoms with E-state index in [-0.39, 0.29) is 17.2 Å². The van der Waals surface area contributed by atoms with E-state index in [0.717, 1.165) is 16.9 Å². The number of hydrogen-bond donors (Lipinski definition) is 1. The van der Waals surface area contributed by atoms with Crippen LogP contribution in [-0.4, -0.2) is 22.4 Å². The number of benzene rings is 3. The van der Waals surface area contributed by atoms with Crippen molar-refractivity contribution in [2.24, 2.45) is 0 Å². The average molecular weight is 466 g/mol. The van der Waals surface area contributed by atoms with E-state index in [1.807, 2.05) is 42.6 Å². The van der Waals surface area contributed by atoms with Gasteiger partial charge in [-0.1, -0.05) is 30.3 Å². The van der Waals surface area contributed by atoms with Gasteiger partial charge in [-0.3, -0.25) is 14.4 Å². The quantitative estimate of drug-likeness (QED) is 0.344. The summed E-state index contributed by atoms with van der Waals surface area (Å²) < 4.78 is 7.28. The number of nitrogens with one attached hydrogen (secondary N) is 1. The second-order valence-electron chi connectivity index (χ2n) is 8.27. The van der Waals surface area contributed by atoms with Gasteiger partial charge >= 0.3 is 5.97 Å². The van der Waals surface area contributed by atoms with Crippen molar-refractivity contribution in [2.75, 3.05) is 10.2 Å². The molecule has 4 aromatic rings. The molecule has 0 saturated carbocycles. The normalized spacial score (nSPS) is 12.2. The number of para-hydroxylation sites is 2. The van der Waals surface area contributed by atoms with Crippen LogP contribution in [0.3, 0.4) is 0 Å². The van der Waals surface area contributed by atoms with Gasteiger partial charge in [0.1, 0.15) is 5.75 Å². The van der Waals surface area contributed by atoms with Gasteiger partial charge in [0.25, 0.3) is 11.8 Å². The Labute approximate surface area is 202 Å². The van der Waals surface area contributed by atoms with Crippen LogP contribution in [0.2, 0.25) is 0 Å².